The number of hydrogen-bond donors (Lipinski definition) is 0. The Morgan fingerprint density at radius 3 is 1.94 bits per heavy atom. The van der Waals surface area contributed by atoms with Gasteiger partial charge in [0.25, 0.3) is 0 Å². The maximum absolute atomic E-state index is 4.59. The molecule has 0 radical (unpaired) electrons. The Morgan fingerprint density at radius 1 is 0.694 bits per heavy atom. The van der Waals surface area contributed by atoms with Crippen LogP contribution in [0.25, 0.3) is 0 Å². The smallest absolute Gasteiger partial charge is 0.0827 e. The maximum Gasteiger partial charge on any atom is 0.0827 e. The molecule has 3 atom stereocenters. The molecule has 0 bridgehead atoms. The molecular weight excluding hydrogens is 438 g/mol. The van der Waals surface area contributed by atoms with Crippen molar-refractivity contribution in [2.45, 2.75) is 175 Å². The van der Waals surface area contributed by atoms with Gasteiger partial charge in [-0.3, -0.25) is 4.68 Å². The fraction of sp³-hybridized carbons (Fsp3) is 0.939. The van der Waals surface area contributed by atoms with E-state index in [0.717, 1.165) is 36.6 Å². The van der Waals surface area contributed by atoms with Gasteiger partial charge in [0.05, 0.1) is 5.69 Å². The van der Waals surface area contributed by atoms with Gasteiger partial charge in [-0.05, 0) is 62.2 Å². The van der Waals surface area contributed by atoms with E-state index in [1.165, 1.54) is 141 Å². The molecule has 0 spiro atoms. The van der Waals surface area contributed by atoms with Crippen LogP contribution >= 0.6 is 0 Å². The summed E-state index contributed by atoms with van der Waals surface area (Å²) in [6.45, 7) is 10.4. The molecule has 210 valence electrons. The first-order valence-corrected chi connectivity index (χ1v) is 16.6. The Labute approximate surface area is 226 Å². The largest absolute Gasteiger partial charge is 0.252 e. The maximum atomic E-state index is 4.59. The van der Waals surface area contributed by atoms with Crippen LogP contribution in [0.3, 0.4) is 0 Å². The van der Waals surface area contributed by atoms with Gasteiger partial charge in [-0.2, -0.15) is 0 Å². The standard InChI is InChI=1S/C33H63N3/c1-5-9-12-14-16-21-30(22-17-15-13-10-6-2)27-36-28-33(34-35-36)24-18-23-29(20-11-7-3)25-32-26-31(32)19-8-4/h28-32H,5-27H2,1-4H3. The molecule has 1 aliphatic rings. The van der Waals surface area contributed by atoms with Crippen LogP contribution in [-0.4, -0.2) is 15.0 Å². The third-order valence-electron chi connectivity index (χ3n) is 8.84. The van der Waals surface area contributed by atoms with E-state index in [1.807, 2.05) is 0 Å². The topological polar surface area (TPSA) is 30.7 Å². The van der Waals surface area contributed by atoms with Gasteiger partial charge in [0, 0.05) is 12.7 Å². The number of hydrogen-bond acceptors (Lipinski definition) is 2. The van der Waals surface area contributed by atoms with Crippen LogP contribution in [0.5, 0.6) is 0 Å². The van der Waals surface area contributed by atoms with Crippen molar-refractivity contribution in [1.29, 1.82) is 0 Å². The molecule has 0 N–H and O–H groups in total. The normalized spacial score (nSPS) is 18.2. The third kappa shape index (κ3) is 14.2. The zero-order valence-corrected chi connectivity index (χ0v) is 25.0. The van der Waals surface area contributed by atoms with Crippen molar-refractivity contribution < 1.29 is 0 Å². The summed E-state index contributed by atoms with van der Waals surface area (Å²) in [5, 5.41) is 9.17. The second kappa shape index (κ2) is 20.1. The highest BCUT2D eigenvalue weighted by Gasteiger charge is 2.36. The molecule has 3 unspecified atom stereocenters. The third-order valence-corrected chi connectivity index (χ3v) is 8.84. The van der Waals surface area contributed by atoms with Gasteiger partial charge >= 0.3 is 0 Å². The molecular formula is C33H63N3. The van der Waals surface area contributed by atoms with Gasteiger partial charge in [0.1, 0.15) is 0 Å². The highest BCUT2D eigenvalue weighted by molar-refractivity contribution is 4.93. The predicted molar refractivity (Wildman–Crippen MR) is 157 cm³/mol. The van der Waals surface area contributed by atoms with Gasteiger partial charge in [-0.1, -0.05) is 136 Å². The minimum Gasteiger partial charge on any atom is -0.252 e. The first-order valence-electron chi connectivity index (χ1n) is 16.6. The van der Waals surface area contributed by atoms with Crippen LogP contribution in [0, 0.1) is 23.7 Å². The average Bonchev–Trinajstić information content (AvgIpc) is 3.45. The molecule has 3 heteroatoms. The Bertz CT molecular complexity index is 610. The van der Waals surface area contributed by atoms with Crippen LogP contribution in [0.1, 0.15) is 168 Å². The summed E-state index contributed by atoms with van der Waals surface area (Å²) < 4.78 is 2.19. The Balaban J connectivity index is 1.74. The predicted octanol–water partition coefficient (Wildman–Crippen LogP) is 10.6. The average molecular weight is 502 g/mol. The molecule has 0 aromatic carbocycles. The summed E-state index contributed by atoms with van der Waals surface area (Å²) in [7, 11) is 0. The van der Waals surface area contributed by atoms with Gasteiger partial charge < -0.3 is 0 Å². The molecule has 1 saturated carbocycles. The van der Waals surface area contributed by atoms with E-state index in [4.69, 9.17) is 0 Å². The fourth-order valence-electron chi connectivity index (χ4n) is 6.40. The first-order chi connectivity index (χ1) is 17.7. The minimum absolute atomic E-state index is 0.774. The molecule has 1 aliphatic carbocycles. The fourth-order valence-corrected chi connectivity index (χ4v) is 6.40. The lowest BCUT2D eigenvalue weighted by molar-refractivity contribution is 0.340. The van der Waals surface area contributed by atoms with Crippen molar-refractivity contribution >= 4 is 0 Å². The lowest BCUT2D eigenvalue weighted by Gasteiger charge is -2.17. The summed E-state index contributed by atoms with van der Waals surface area (Å²) >= 11 is 0. The number of rotatable bonds is 25. The van der Waals surface area contributed by atoms with E-state index in [0.29, 0.717) is 0 Å². The monoisotopic (exact) mass is 502 g/mol. The number of unbranched alkanes of at least 4 members (excludes halogenated alkanes) is 9. The summed E-state index contributed by atoms with van der Waals surface area (Å²) in [6, 6.07) is 0. The van der Waals surface area contributed by atoms with Crippen molar-refractivity contribution in [3.05, 3.63) is 11.9 Å². The molecule has 1 aromatic rings. The number of aromatic nitrogens is 3. The second-order valence-corrected chi connectivity index (χ2v) is 12.4. The molecule has 2 rings (SSSR count). The molecule has 1 aromatic heterocycles. The SMILES string of the molecule is CCCCCCCC(CCCCCCC)Cn1cc(CCCC(CCCC)CC2CC2CCC)nn1. The summed E-state index contributed by atoms with van der Waals surface area (Å²) in [5.74, 6) is 3.83. The van der Waals surface area contributed by atoms with Crippen molar-refractivity contribution in [2.24, 2.45) is 23.7 Å². The summed E-state index contributed by atoms with van der Waals surface area (Å²) in [5.41, 5.74) is 1.23. The number of aryl methyl sites for hydroxylation is 1. The van der Waals surface area contributed by atoms with E-state index in [9.17, 15) is 0 Å². The molecule has 0 aliphatic heterocycles. The Kier molecular flexibility index (Phi) is 17.5. The zero-order valence-electron chi connectivity index (χ0n) is 25.0. The van der Waals surface area contributed by atoms with Gasteiger partial charge in [0.15, 0.2) is 0 Å². The zero-order chi connectivity index (χ0) is 25.8. The Hall–Kier alpha value is -0.860. The molecule has 0 saturated heterocycles. The van der Waals surface area contributed by atoms with E-state index in [-0.39, 0.29) is 0 Å². The minimum atomic E-state index is 0.774. The van der Waals surface area contributed by atoms with Crippen LogP contribution < -0.4 is 0 Å². The van der Waals surface area contributed by atoms with Crippen molar-refractivity contribution in [2.75, 3.05) is 0 Å². The van der Waals surface area contributed by atoms with Gasteiger partial charge in [-0.15, -0.1) is 5.10 Å². The quantitative estimate of drug-likeness (QED) is 0.125. The van der Waals surface area contributed by atoms with Crippen LogP contribution in [0.2, 0.25) is 0 Å². The summed E-state index contributed by atoms with van der Waals surface area (Å²) in [6.07, 6.45) is 32.7. The van der Waals surface area contributed by atoms with Gasteiger partial charge in [-0.25, -0.2) is 0 Å². The van der Waals surface area contributed by atoms with Crippen molar-refractivity contribution in [1.82, 2.24) is 15.0 Å². The van der Waals surface area contributed by atoms with Crippen molar-refractivity contribution in [3.63, 3.8) is 0 Å². The highest BCUT2D eigenvalue weighted by atomic mass is 15.4. The lowest BCUT2D eigenvalue weighted by Crippen LogP contribution is -2.12. The molecule has 36 heavy (non-hydrogen) atoms. The van der Waals surface area contributed by atoms with Crippen LogP contribution in [-0.2, 0) is 13.0 Å². The molecule has 0 amide bonds. The highest BCUT2D eigenvalue weighted by Crippen LogP contribution is 2.47. The Morgan fingerprint density at radius 2 is 1.31 bits per heavy atom. The first kappa shape index (κ1) is 31.4. The molecule has 1 heterocycles. The van der Waals surface area contributed by atoms with Gasteiger partial charge in [0.2, 0.25) is 0 Å². The van der Waals surface area contributed by atoms with E-state index < -0.39 is 0 Å². The van der Waals surface area contributed by atoms with E-state index >= 15 is 0 Å². The lowest BCUT2D eigenvalue weighted by atomic mass is 9.90. The molecule has 1 fully saturated rings. The van der Waals surface area contributed by atoms with E-state index in [1.54, 1.807) is 0 Å². The second-order valence-electron chi connectivity index (χ2n) is 12.4. The van der Waals surface area contributed by atoms with Crippen LogP contribution in [0.15, 0.2) is 6.20 Å². The number of nitrogens with zero attached hydrogens (tertiary/aromatic N) is 3. The van der Waals surface area contributed by atoms with E-state index in [2.05, 4.69) is 48.9 Å². The summed E-state index contributed by atoms with van der Waals surface area (Å²) in [4.78, 5) is 0. The van der Waals surface area contributed by atoms with Crippen LogP contribution in [0.4, 0.5) is 0 Å². The van der Waals surface area contributed by atoms with Crippen molar-refractivity contribution in [3.8, 4) is 0 Å². The molecule has 3 nitrogen and oxygen atoms in total.